The summed E-state index contributed by atoms with van der Waals surface area (Å²) in [6.45, 7) is 5.14. The Morgan fingerprint density at radius 2 is 1.80 bits per heavy atom. The molecule has 0 saturated heterocycles. The number of carbonyl (C=O) groups is 2. The molecule has 0 fully saturated rings. The van der Waals surface area contributed by atoms with Crippen LogP contribution in [0.25, 0.3) is 11.0 Å². The molecule has 0 aliphatic carbocycles. The summed E-state index contributed by atoms with van der Waals surface area (Å²) in [5.41, 5.74) is 3.22. The Balaban J connectivity index is 1.78. The molecule has 7 nitrogen and oxygen atoms in total. The highest BCUT2D eigenvalue weighted by molar-refractivity contribution is 5.99. The van der Waals surface area contributed by atoms with E-state index in [1.54, 1.807) is 31.4 Å². The number of benzene rings is 2. The quantitative estimate of drug-likeness (QED) is 0.602. The molecule has 2 aromatic carbocycles. The second-order valence-electron chi connectivity index (χ2n) is 7.13. The van der Waals surface area contributed by atoms with Crippen molar-refractivity contribution in [2.45, 2.75) is 33.6 Å². The highest BCUT2D eigenvalue weighted by Crippen LogP contribution is 2.25. The SMILES string of the molecule is COc1ccc2c(C)c(CCC(=O)Nc3cc(C)ccc3NC(C)=O)c(=O)oc2c1. The molecule has 0 saturated carbocycles. The van der Waals surface area contributed by atoms with Crippen LogP contribution in [-0.4, -0.2) is 18.9 Å². The largest absolute Gasteiger partial charge is 0.497 e. The maximum atomic E-state index is 12.5. The third-order valence-electron chi connectivity index (χ3n) is 4.86. The first-order valence-electron chi connectivity index (χ1n) is 9.57. The highest BCUT2D eigenvalue weighted by Gasteiger charge is 2.15. The number of rotatable bonds is 6. The first-order valence-corrected chi connectivity index (χ1v) is 9.57. The number of methoxy groups -OCH3 is 1. The highest BCUT2D eigenvalue weighted by atomic mass is 16.5. The van der Waals surface area contributed by atoms with Crippen LogP contribution in [0.3, 0.4) is 0 Å². The van der Waals surface area contributed by atoms with Crippen molar-refractivity contribution >= 4 is 34.2 Å². The summed E-state index contributed by atoms with van der Waals surface area (Å²) >= 11 is 0. The van der Waals surface area contributed by atoms with E-state index in [1.807, 2.05) is 26.0 Å². The van der Waals surface area contributed by atoms with E-state index >= 15 is 0 Å². The first-order chi connectivity index (χ1) is 14.3. The number of aryl methyl sites for hydroxylation is 2. The Kier molecular flexibility index (Phi) is 6.20. The lowest BCUT2D eigenvalue weighted by molar-refractivity contribution is -0.116. The first kappa shape index (κ1) is 21.1. The molecule has 0 bridgehead atoms. The van der Waals surface area contributed by atoms with Crippen molar-refractivity contribution in [2.24, 2.45) is 0 Å². The summed E-state index contributed by atoms with van der Waals surface area (Å²) in [5, 5.41) is 6.32. The zero-order chi connectivity index (χ0) is 21.8. The van der Waals surface area contributed by atoms with Crippen molar-refractivity contribution in [3.63, 3.8) is 0 Å². The summed E-state index contributed by atoms with van der Waals surface area (Å²) in [4.78, 5) is 36.4. The average Bonchev–Trinajstić information content (AvgIpc) is 2.69. The van der Waals surface area contributed by atoms with Gasteiger partial charge in [0.05, 0.1) is 18.5 Å². The zero-order valence-electron chi connectivity index (χ0n) is 17.4. The molecular formula is C23H24N2O5. The third kappa shape index (κ3) is 4.68. The predicted molar refractivity (Wildman–Crippen MR) is 116 cm³/mol. The van der Waals surface area contributed by atoms with Gasteiger partial charge in [-0.15, -0.1) is 0 Å². The molecule has 0 aliphatic heterocycles. The molecule has 3 aromatic rings. The minimum atomic E-state index is -0.462. The minimum absolute atomic E-state index is 0.0979. The Morgan fingerprint density at radius 1 is 1.03 bits per heavy atom. The molecule has 1 heterocycles. The van der Waals surface area contributed by atoms with Crippen LogP contribution in [0, 0.1) is 13.8 Å². The summed E-state index contributed by atoms with van der Waals surface area (Å²) in [6, 6.07) is 10.7. The zero-order valence-corrected chi connectivity index (χ0v) is 17.4. The van der Waals surface area contributed by atoms with Crippen molar-refractivity contribution in [3.8, 4) is 5.75 Å². The Morgan fingerprint density at radius 3 is 2.50 bits per heavy atom. The van der Waals surface area contributed by atoms with Gasteiger partial charge in [-0.1, -0.05) is 6.07 Å². The fraction of sp³-hybridized carbons (Fsp3) is 0.261. The van der Waals surface area contributed by atoms with Gasteiger partial charge in [-0.25, -0.2) is 4.79 Å². The van der Waals surface area contributed by atoms with Crippen LogP contribution in [0.1, 0.15) is 30.0 Å². The number of hydrogen-bond acceptors (Lipinski definition) is 5. The second kappa shape index (κ2) is 8.82. The molecular weight excluding hydrogens is 384 g/mol. The number of hydrogen-bond donors (Lipinski definition) is 2. The summed E-state index contributed by atoms with van der Waals surface area (Å²) in [7, 11) is 1.55. The second-order valence-corrected chi connectivity index (χ2v) is 7.13. The van der Waals surface area contributed by atoms with Crippen molar-refractivity contribution < 1.29 is 18.7 Å². The number of fused-ring (bicyclic) bond motifs is 1. The van der Waals surface area contributed by atoms with Crippen LogP contribution in [-0.2, 0) is 16.0 Å². The number of carbonyl (C=O) groups excluding carboxylic acids is 2. The summed E-state index contributed by atoms with van der Waals surface area (Å²) in [5.74, 6) is 0.113. The lowest BCUT2D eigenvalue weighted by Crippen LogP contribution is -2.18. The van der Waals surface area contributed by atoms with Gasteiger partial charge in [0.2, 0.25) is 11.8 Å². The van der Waals surface area contributed by atoms with Crippen molar-refractivity contribution in [1.29, 1.82) is 0 Å². The molecule has 7 heteroatoms. The molecule has 0 unspecified atom stereocenters. The Labute approximate surface area is 174 Å². The number of anilines is 2. The molecule has 2 amide bonds. The van der Waals surface area contributed by atoms with E-state index in [0.29, 0.717) is 28.3 Å². The van der Waals surface area contributed by atoms with E-state index in [-0.39, 0.29) is 24.7 Å². The van der Waals surface area contributed by atoms with Gasteiger partial charge in [0.25, 0.3) is 0 Å². The fourth-order valence-corrected chi connectivity index (χ4v) is 3.30. The maximum absolute atomic E-state index is 12.5. The van der Waals surface area contributed by atoms with Gasteiger partial charge in [0, 0.05) is 30.4 Å². The number of ether oxygens (including phenoxy) is 1. The molecule has 0 atom stereocenters. The van der Waals surface area contributed by atoms with Crippen LogP contribution in [0.15, 0.2) is 45.6 Å². The van der Waals surface area contributed by atoms with Crippen molar-refractivity contribution in [3.05, 3.63) is 63.5 Å². The normalized spacial score (nSPS) is 10.7. The smallest absolute Gasteiger partial charge is 0.339 e. The lowest BCUT2D eigenvalue weighted by atomic mass is 10.0. The Hall–Kier alpha value is -3.61. The van der Waals surface area contributed by atoms with Crippen LogP contribution in [0.4, 0.5) is 11.4 Å². The molecule has 0 aliphatic rings. The minimum Gasteiger partial charge on any atom is -0.497 e. The van der Waals surface area contributed by atoms with Crippen molar-refractivity contribution in [2.75, 3.05) is 17.7 Å². The van der Waals surface area contributed by atoms with E-state index in [0.717, 1.165) is 16.5 Å². The summed E-state index contributed by atoms with van der Waals surface area (Å²) in [6.07, 6.45) is 0.337. The fourth-order valence-electron chi connectivity index (χ4n) is 3.30. The molecule has 3 rings (SSSR count). The molecule has 2 N–H and O–H groups in total. The molecule has 30 heavy (non-hydrogen) atoms. The van der Waals surface area contributed by atoms with Gasteiger partial charge in [0.1, 0.15) is 11.3 Å². The third-order valence-corrected chi connectivity index (χ3v) is 4.86. The molecule has 0 radical (unpaired) electrons. The van der Waals surface area contributed by atoms with Gasteiger partial charge in [-0.2, -0.15) is 0 Å². The van der Waals surface area contributed by atoms with Crippen LogP contribution in [0.5, 0.6) is 5.75 Å². The maximum Gasteiger partial charge on any atom is 0.339 e. The predicted octanol–water partition coefficient (Wildman–Crippen LogP) is 3.95. The van der Waals surface area contributed by atoms with Crippen LogP contribution in [0.2, 0.25) is 0 Å². The van der Waals surface area contributed by atoms with Gasteiger partial charge in [0.15, 0.2) is 0 Å². The van der Waals surface area contributed by atoms with Gasteiger partial charge < -0.3 is 19.8 Å². The average molecular weight is 408 g/mol. The Bertz CT molecular complexity index is 1180. The van der Waals surface area contributed by atoms with E-state index in [2.05, 4.69) is 10.6 Å². The van der Waals surface area contributed by atoms with E-state index < -0.39 is 5.63 Å². The number of amides is 2. The standard InChI is InChI=1S/C23H24N2O5/c1-13-5-9-19(24-15(3)26)20(11-13)25-22(27)10-8-18-14(2)17-7-6-16(29-4)12-21(17)30-23(18)28/h5-7,9,11-12H,8,10H2,1-4H3,(H,24,26)(H,25,27). The van der Waals surface area contributed by atoms with E-state index in [1.165, 1.54) is 6.92 Å². The monoisotopic (exact) mass is 408 g/mol. The number of nitrogens with one attached hydrogen (secondary N) is 2. The van der Waals surface area contributed by atoms with E-state index in [4.69, 9.17) is 9.15 Å². The van der Waals surface area contributed by atoms with E-state index in [9.17, 15) is 14.4 Å². The van der Waals surface area contributed by atoms with Gasteiger partial charge in [-0.3, -0.25) is 9.59 Å². The lowest BCUT2D eigenvalue weighted by Gasteiger charge is -2.13. The van der Waals surface area contributed by atoms with Gasteiger partial charge in [-0.05, 0) is 55.7 Å². The topological polar surface area (TPSA) is 97.6 Å². The molecule has 156 valence electrons. The van der Waals surface area contributed by atoms with Gasteiger partial charge >= 0.3 is 5.63 Å². The molecule has 0 spiro atoms. The van der Waals surface area contributed by atoms with Crippen LogP contribution >= 0.6 is 0 Å². The summed E-state index contributed by atoms with van der Waals surface area (Å²) < 4.78 is 10.6. The van der Waals surface area contributed by atoms with Crippen molar-refractivity contribution in [1.82, 2.24) is 0 Å². The molecule has 1 aromatic heterocycles. The van der Waals surface area contributed by atoms with Crippen LogP contribution < -0.4 is 21.0 Å².